The Morgan fingerprint density at radius 3 is 2.65 bits per heavy atom. The van der Waals surface area contributed by atoms with Crippen LogP contribution in [0.2, 0.25) is 5.02 Å². The van der Waals surface area contributed by atoms with Crippen LogP contribution in [-0.4, -0.2) is 16.8 Å². The molecule has 2 amide bonds. The Kier molecular flexibility index (Phi) is 3.95. The van der Waals surface area contributed by atoms with Gasteiger partial charge in [0.15, 0.2) is 0 Å². The number of nitrogens with zero attached hydrogens (tertiary/aromatic N) is 1. The third-order valence-corrected chi connectivity index (χ3v) is 2.77. The first-order chi connectivity index (χ1) is 9.47. The molecule has 20 heavy (non-hydrogen) atoms. The van der Waals surface area contributed by atoms with E-state index in [2.05, 4.69) is 10.3 Å². The molecule has 0 saturated heterocycles. The zero-order valence-electron chi connectivity index (χ0n) is 10.1. The Labute approximate surface area is 118 Å². The lowest BCUT2D eigenvalue weighted by Gasteiger charge is -2.07. The summed E-state index contributed by atoms with van der Waals surface area (Å²) in [6, 6.07) is 8.12. The number of aromatic nitrogens is 1. The second-order valence-corrected chi connectivity index (χ2v) is 4.27. The molecule has 3 N–H and O–H groups in total. The standard InChI is InChI=1S/C13H9ClFN3O2/c14-9-5-4-7(6-8(9)12(16)19)17-13(20)10-2-1-3-11(15)18-10/h1-6H,(H2,16,19)(H,17,20). The Morgan fingerprint density at radius 1 is 1.25 bits per heavy atom. The first kappa shape index (κ1) is 14.0. The van der Waals surface area contributed by atoms with E-state index in [9.17, 15) is 14.0 Å². The van der Waals surface area contributed by atoms with E-state index in [1.54, 1.807) is 0 Å². The van der Waals surface area contributed by atoms with Crippen LogP contribution in [0.1, 0.15) is 20.8 Å². The Hall–Kier alpha value is -2.47. The van der Waals surface area contributed by atoms with Crippen LogP contribution in [0.5, 0.6) is 0 Å². The minimum atomic E-state index is -0.758. The number of halogens is 2. The van der Waals surface area contributed by atoms with Crippen molar-refractivity contribution < 1.29 is 14.0 Å². The normalized spacial score (nSPS) is 10.1. The molecule has 2 aromatic rings. The molecular formula is C13H9ClFN3O2. The zero-order valence-corrected chi connectivity index (χ0v) is 10.8. The largest absolute Gasteiger partial charge is 0.366 e. The van der Waals surface area contributed by atoms with Crippen molar-refractivity contribution in [2.75, 3.05) is 5.32 Å². The molecular weight excluding hydrogens is 285 g/mol. The predicted octanol–water partition coefficient (Wildman–Crippen LogP) is 2.23. The fourth-order valence-corrected chi connectivity index (χ4v) is 1.73. The van der Waals surface area contributed by atoms with Crippen LogP contribution < -0.4 is 11.1 Å². The van der Waals surface area contributed by atoms with Gasteiger partial charge in [0, 0.05) is 5.69 Å². The van der Waals surface area contributed by atoms with Crippen molar-refractivity contribution in [1.82, 2.24) is 4.98 Å². The number of hydrogen-bond donors (Lipinski definition) is 2. The molecule has 1 heterocycles. The number of amides is 2. The molecule has 5 nitrogen and oxygen atoms in total. The Bertz CT molecular complexity index is 691. The number of primary amides is 1. The third-order valence-electron chi connectivity index (χ3n) is 2.44. The summed E-state index contributed by atoms with van der Waals surface area (Å²) in [6.45, 7) is 0. The van der Waals surface area contributed by atoms with E-state index in [1.165, 1.54) is 30.3 Å². The van der Waals surface area contributed by atoms with Gasteiger partial charge in [-0.15, -0.1) is 0 Å². The van der Waals surface area contributed by atoms with Gasteiger partial charge >= 0.3 is 0 Å². The lowest BCUT2D eigenvalue weighted by atomic mass is 10.2. The number of nitrogens with one attached hydrogen (secondary N) is 1. The number of nitrogens with two attached hydrogens (primary N) is 1. The lowest BCUT2D eigenvalue weighted by Crippen LogP contribution is -2.16. The van der Waals surface area contributed by atoms with E-state index in [4.69, 9.17) is 17.3 Å². The number of rotatable bonds is 3. The molecule has 0 aliphatic carbocycles. The fraction of sp³-hybridized carbons (Fsp3) is 0. The van der Waals surface area contributed by atoms with Gasteiger partial charge in [0.05, 0.1) is 10.6 Å². The van der Waals surface area contributed by atoms with Gasteiger partial charge in [0.1, 0.15) is 5.69 Å². The molecule has 1 aromatic heterocycles. The maximum Gasteiger partial charge on any atom is 0.274 e. The second-order valence-electron chi connectivity index (χ2n) is 3.86. The van der Waals surface area contributed by atoms with Crippen molar-refractivity contribution in [3.05, 3.63) is 58.6 Å². The van der Waals surface area contributed by atoms with E-state index in [0.717, 1.165) is 6.07 Å². The average molecular weight is 294 g/mol. The van der Waals surface area contributed by atoms with Crippen molar-refractivity contribution in [3.8, 4) is 0 Å². The number of pyridine rings is 1. The molecule has 1 aromatic carbocycles. The summed E-state index contributed by atoms with van der Waals surface area (Å²) >= 11 is 5.79. The zero-order chi connectivity index (χ0) is 14.7. The van der Waals surface area contributed by atoms with Gasteiger partial charge in [-0.05, 0) is 30.3 Å². The SMILES string of the molecule is NC(=O)c1cc(NC(=O)c2cccc(F)n2)ccc1Cl. The van der Waals surface area contributed by atoms with Crippen LogP contribution in [-0.2, 0) is 0 Å². The molecule has 7 heteroatoms. The molecule has 0 bridgehead atoms. The molecule has 0 aliphatic rings. The smallest absolute Gasteiger partial charge is 0.274 e. The quantitative estimate of drug-likeness (QED) is 0.851. The van der Waals surface area contributed by atoms with Crippen molar-refractivity contribution in [2.45, 2.75) is 0 Å². The monoisotopic (exact) mass is 293 g/mol. The summed E-state index contributed by atoms with van der Waals surface area (Å²) in [5.41, 5.74) is 5.45. The predicted molar refractivity (Wildman–Crippen MR) is 72.1 cm³/mol. The topological polar surface area (TPSA) is 85.1 Å². The summed E-state index contributed by atoms with van der Waals surface area (Å²) in [6.07, 6.45) is 0. The van der Waals surface area contributed by atoms with Crippen molar-refractivity contribution in [1.29, 1.82) is 0 Å². The van der Waals surface area contributed by atoms with E-state index in [0.29, 0.717) is 5.69 Å². The minimum absolute atomic E-state index is 0.0802. The van der Waals surface area contributed by atoms with Gasteiger partial charge in [-0.1, -0.05) is 17.7 Å². The summed E-state index contributed by atoms with van der Waals surface area (Å²) in [7, 11) is 0. The highest BCUT2D eigenvalue weighted by Gasteiger charge is 2.11. The van der Waals surface area contributed by atoms with Crippen molar-refractivity contribution >= 4 is 29.1 Å². The highest BCUT2D eigenvalue weighted by molar-refractivity contribution is 6.34. The number of hydrogen-bond acceptors (Lipinski definition) is 3. The van der Waals surface area contributed by atoms with Crippen LogP contribution in [0.15, 0.2) is 36.4 Å². The van der Waals surface area contributed by atoms with E-state index in [1.807, 2.05) is 0 Å². The number of anilines is 1. The minimum Gasteiger partial charge on any atom is -0.366 e. The van der Waals surface area contributed by atoms with Gasteiger partial charge in [-0.2, -0.15) is 4.39 Å². The van der Waals surface area contributed by atoms with Gasteiger partial charge in [-0.25, -0.2) is 4.98 Å². The van der Waals surface area contributed by atoms with Crippen LogP contribution in [0.4, 0.5) is 10.1 Å². The molecule has 0 fully saturated rings. The Balaban J connectivity index is 2.24. The van der Waals surface area contributed by atoms with Crippen LogP contribution in [0.25, 0.3) is 0 Å². The van der Waals surface area contributed by atoms with Crippen molar-refractivity contribution in [3.63, 3.8) is 0 Å². The molecule has 0 saturated carbocycles. The van der Waals surface area contributed by atoms with E-state index in [-0.39, 0.29) is 16.3 Å². The molecule has 0 unspecified atom stereocenters. The van der Waals surface area contributed by atoms with Gasteiger partial charge in [0.2, 0.25) is 11.9 Å². The molecule has 0 spiro atoms. The van der Waals surface area contributed by atoms with Gasteiger partial charge < -0.3 is 11.1 Å². The molecule has 0 atom stereocenters. The molecule has 0 radical (unpaired) electrons. The van der Waals surface area contributed by atoms with E-state index < -0.39 is 17.8 Å². The maximum absolute atomic E-state index is 12.9. The first-order valence-corrected chi connectivity index (χ1v) is 5.88. The van der Waals surface area contributed by atoms with Gasteiger partial charge in [0.25, 0.3) is 5.91 Å². The molecule has 0 aliphatic heterocycles. The second kappa shape index (κ2) is 5.66. The summed E-state index contributed by atoms with van der Waals surface area (Å²) < 4.78 is 12.9. The van der Waals surface area contributed by atoms with Gasteiger partial charge in [-0.3, -0.25) is 9.59 Å². The number of carbonyl (C=O) groups is 2. The van der Waals surface area contributed by atoms with Crippen LogP contribution in [0, 0.1) is 5.95 Å². The lowest BCUT2D eigenvalue weighted by molar-refractivity contribution is 0.0995. The first-order valence-electron chi connectivity index (χ1n) is 5.50. The summed E-state index contributed by atoms with van der Waals surface area (Å²) in [5, 5.41) is 2.65. The van der Waals surface area contributed by atoms with E-state index >= 15 is 0 Å². The number of carbonyl (C=O) groups excluding carboxylic acids is 2. The Morgan fingerprint density at radius 2 is 2.00 bits per heavy atom. The fourth-order valence-electron chi connectivity index (χ4n) is 1.52. The molecule has 102 valence electrons. The van der Waals surface area contributed by atoms with Crippen molar-refractivity contribution in [2.24, 2.45) is 5.73 Å². The highest BCUT2D eigenvalue weighted by atomic mass is 35.5. The summed E-state index contributed by atoms with van der Waals surface area (Å²) in [4.78, 5) is 26.4. The molecule has 2 rings (SSSR count). The average Bonchev–Trinajstić information content (AvgIpc) is 2.40. The summed E-state index contributed by atoms with van der Waals surface area (Å²) in [5.74, 6) is -2.08. The van der Waals surface area contributed by atoms with Crippen LogP contribution in [0.3, 0.4) is 0 Å². The number of benzene rings is 1. The highest BCUT2D eigenvalue weighted by Crippen LogP contribution is 2.20. The maximum atomic E-state index is 12.9. The third kappa shape index (κ3) is 3.10. The van der Waals surface area contributed by atoms with Crippen LogP contribution >= 0.6 is 11.6 Å².